The van der Waals surface area contributed by atoms with Crippen LogP contribution in [0.4, 0.5) is 23.2 Å². The summed E-state index contributed by atoms with van der Waals surface area (Å²) in [5.41, 5.74) is -1.80. The van der Waals surface area contributed by atoms with E-state index < -0.39 is 40.3 Å². The average Bonchev–Trinajstić information content (AvgIpc) is 2.35. The van der Waals surface area contributed by atoms with Crippen LogP contribution in [0.15, 0.2) is 0 Å². The molecule has 0 unspecified atom stereocenters. The molecule has 0 spiro atoms. The monoisotopic (exact) mass is 357 g/mol. The Balaban J connectivity index is 3.20. The molecule has 0 fully saturated rings. The van der Waals surface area contributed by atoms with E-state index in [1.807, 2.05) is 0 Å². The molecule has 0 amide bonds. The molecule has 1 aromatic rings. The first-order valence-corrected chi connectivity index (χ1v) is 7.16. The van der Waals surface area contributed by atoms with Crippen LogP contribution in [0.1, 0.15) is 27.2 Å². The van der Waals surface area contributed by atoms with E-state index in [4.69, 9.17) is 4.74 Å². The standard InChI is InChI=1S/C13H16BrF4NO/c1-13(2,3)20-12-9(17)7(15)11(8(16)10(12)18)19-6-4-5-14/h19H,4-6H2,1-3H3. The molecule has 0 aliphatic carbocycles. The first kappa shape index (κ1) is 17.1. The van der Waals surface area contributed by atoms with Gasteiger partial charge in [-0.1, -0.05) is 15.9 Å². The minimum atomic E-state index is -1.54. The highest BCUT2D eigenvalue weighted by atomic mass is 79.9. The Bertz CT molecular complexity index is 459. The summed E-state index contributed by atoms with van der Waals surface area (Å²) in [5.74, 6) is -7.10. The van der Waals surface area contributed by atoms with Gasteiger partial charge in [0, 0.05) is 11.9 Å². The smallest absolute Gasteiger partial charge is 0.206 e. The molecule has 2 nitrogen and oxygen atoms in total. The maximum Gasteiger partial charge on any atom is 0.206 e. The van der Waals surface area contributed by atoms with Crippen molar-refractivity contribution in [3.05, 3.63) is 23.3 Å². The minimum Gasteiger partial charge on any atom is -0.482 e. The number of ether oxygens (including phenoxy) is 1. The lowest BCUT2D eigenvalue weighted by Crippen LogP contribution is -2.25. The van der Waals surface area contributed by atoms with E-state index in [9.17, 15) is 17.6 Å². The zero-order chi connectivity index (χ0) is 15.5. The van der Waals surface area contributed by atoms with Crippen LogP contribution in [0, 0.1) is 23.3 Å². The van der Waals surface area contributed by atoms with E-state index in [0.717, 1.165) is 0 Å². The van der Waals surface area contributed by atoms with E-state index in [-0.39, 0.29) is 6.54 Å². The quantitative estimate of drug-likeness (QED) is 0.359. The van der Waals surface area contributed by atoms with Crippen molar-refractivity contribution < 1.29 is 22.3 Å². The molecule has 0 saturated carbocycles. The third-order valence-electron chi connectivity index (χ3n) is 2.24. The molecule has 0 atom stereocenters. The van der Waals surface area contributed by atoms with Gasteiger partial charge in [-0.15, -0.1) is 0 Å². The lowest BCUT2D eigenvalue weighted by atomic mass is 10.1. The number of alkyl halides is 1. The van der Waals surface area contributed by atoms with Gasteiger partial charge in [0.05, 0.1) is 0 Å². The lowest BCUT2D eigenvalue weighted by Gasteiger charge is -2.23. The number of hydrogen-bond acceptors (Lipinski definition) is 2. The zero-order valence-corrected chi connectivity index (χ0v) is 13.0. The summed E-state index contributed by atoms with van der Waals surface area (Å²) >= 11 is 3.14. The fourth-order valence-electron chi connectivity index (χ4n) is 1.44. The predicted octanol–water partition coefficient (Wildman–Crippen LogP) is 4.62. The van der Waals surface area contributed by atoms with Crippen molar-refractivity contribution >= 4 is 21.6 Å². The number of rotatable bonds is 5. The van der Waals surface area contributed by atoms with Crippen LogP contribution in [0.2, 0.25) is 0 Å². The molecule has 1 aromatic carbocycles. The highest BCUT2D eigenvalue weighted by Gasteiger charge is 2.29. The molecule has 7 heteroatoms. The van der Waals surface area contributed by atoms with E-state index in [1.165, 1.54) is 20.8 Å². The highest BCUT2D eigenvalue weighted by Crippen LogP contribution is 2.34. The van der Waals surface area contributed by atoms with Gasteiger partial charge in [0.2, 0.25) is 11.6 Å². The van der Waals surface area contributed by atoms with Crippen LogP contribution in [-0.2, 0) is 0 Å². The molecule has 0 aliphatic rings. The van der Waals surface area contributed by atoms with Gasteiger partial charge in [0.1, 0.15) is 11.3 Å². The van der Waals surface area contributed by atoms with Gasteiger partial charge in [-0.05, 0) is 27.2 Å². The predicted molar refractivity (Wildman–Crippen MR) is 73.6 cm³/mol. The van der Waals surface area contributed by atoms with E-state index in [2.05, 4.69) is 21.2 Å². The van der Waals surface area contributed by atoms with E-state index in [0.29, 0.717) is 11.8 Å². The fourth-order valence-corrected chi connectivity index (χ4v) is 1.72. The summed E-state index contributed by atoms with van der Waals surface area (Å²) in [4.78, 5) is 0. The van der Waals surface area contributed by atoms with Gasteiger partial charge >= 0.3 is 0 Å². The molecule has 1 N–H and O–H groups in total. The van der Waals surface area contributed by atoms with E-state index in [1.54, 1.807) is 0 Å². The zero-order valence-electron chi connectivity index (χ0n) is 11.4. The molecule has 1 rings (SSSR count). The van der Waals surface area contributed by atoms with Crippen molar-refractivity contribution in [2.45, 2.75) is 32.8 Å². The minimum absolute atomic E-state index is 0.178. The largest absolute Gasteiger partial charge is 0.482 e. The molecule has 0 radical (unpaired) electrons. The van der Waals surface area contributed by atoms with Crippen molar-refractivity contribution in [3.63, 3.8) is 0 Å². The Hall–Kier alpha value is -0.980. The van der Waals surface area contributed by atoms with Gasteiger partial charge in [0.15, 0.2) is 17.4 Å². The third kappa shape index (κ3) is 4.01. The number of halogens is 5. The van der Waals surface area contributed by atoms with Crippen LogP contribution < -0.4 is 10.1 Å². The van der Waals surface area contributed by atoms with Crippen LogP contribution in [0.3, 0.4) is 0 Å². The molecule has 0 aromatic heterocycles. The Kier molecular flexibility index (Phi) is 5.68. The maximum absolute atomic E-state index is 13.8. The number of nitrogens with one attached hydrogen (secondary N) is 1. The Morgan fingerprint density at radius 3 is 1.90 bits per heavy atom. The molecular weight excluding hydrogens is 342 g/mol. The van der Waals surface area contributed by atoms with Crippen LogP contribution >= 0.6 is 15.9 Å². The summed E-state index contributed by atoms with van der Waals surface area (Å²) in [7, 11) is 0. The average molecular weight is 358 g/mol. The summed E-state index contributed by atoms with van der Waals surface area (Å²) in [6.07, 6.45) is 0.544. The van der Waals surface area contributed by atoms with Gasteiger partial charge in [-0.3, -0.25) is 0 Å². The molecule has 0 saturated heterocycles. The second kappa shape index (κ2) is 6.65. The SMILES string of the molecule is CC(C)(C)Oc1c(F)c(F)c(NCCCBr)c(F)c1F. The Morgan fingerprint density at radius 2 is 1.50 bits per heavy atom. The van der Waals surface area contributed by atoms with E-state index >= 15 is 0 Å². The van der Waals surface area contributed by atoms with Gasteiger partial charge < -0.3 is 10.1 Å². The molecule has 0 aliphatic heterocycles. The van der Waals surface area contributed by atoms with Gasteiger partial charge in [-0.25, -0.2) is 8.78 Å². The summed E-state index contributed by atoms with van der Waals surface area (Å²) in [6.45, 7) is 4.73. The van der Waals surface area contributed by atoms with Crippen LogP contribution in [-0.4, -0.2) is 17.5 Å². The number of hydrogen-bond donors (Lipinski definition) is 1. The van der Waals surface area contributed by atoms with Crippen molar-refractivity contribution in [2.75, 3.05) is 17.2 Å². The third-order valence-corrected chi connectivity index (χ3v) is 2.80. The van der Waals surface area contributed by atoms with Crippen molar-refractivity contribution in [1.82, 2.24) is 0 Å². The Morgan fingerprint density at radius 1 is 1.00 bits per heavy atom. The topological polar surface area (TPSA) is 21.3 Å². The van der Waals surface area contributed by atoms with Gasteiger partial charge in [0.25, 0.3) is 0 Å². The molecule has 20 heavy (non-hydrogen) atoms. The van der Waals surface area contributed by atoms with Crippen molar-refractivity contribution in [2.24, 2.45) is 0 Å². The second-order valence-electron chi connectivity index (χ2n) is 5.14. The molecule has 0 heterocycles. The molecule has 0 bridgehead atoms. The number of benzene rings is 1. The summed E-state index contributed by atoms with van der Waals surface area (Å²) in [5, 5.41) is 2.93. The first-order chi connectivity index (χ1) is 9.19. The number of anilines is 1. The fraction of sp³-hybridized carbons (Fsp3) is 0.538. The van der Waals surface area contributed by atoms with Crippen LogP contribution in [0.5, 0.6) is 5.75 Å². The maximum atomic E-state index is 13.8. The molecule has 114 valence electrons. The summed E-state index contributed by atoms with van der Waals surface area (Å²) < 4.78 is 60.1. The van der Waals surface area contributed by atoms with Gasteiger partial charge in [-0.2, -0.15) is 8.78 Å². The van der Waals surface area contributed by atoms with Crippen molar-refractivity contribution in [1.29, 1.82) is 0 Å². The van der Waals surface area contributed by atoms with Crippen LogP contribution in [0.25, 0.3) is 0 Å². The Labute approximate surface area is 123 Å². The molecular formula is C13H16BrF4NO. The lowest BCUT2D eigenvalue weighted by molar-refractivity contribution is 0.114. The van der Waals surface area contributed by atoms with Crippen molar-refractivity contribution in [3.8, 4) is 5.75 Å². The normalized spacial score (nSPS) is 11.6. The summed E-state index contributed by atoms with van der Waals surface area (Å²) in [6, 6.07) is 0. The highest BCUT2D eigenvalue weighted by molar-refractivity contribution is 9.09. The first-order valence-electron chi connectivity index (χ1n) is 6.03. The second-order valence-corrected chi connectivity index (χ2v) is 5.94.